The number of esters is 1. The molecule has 1 fully saturated rings. The van der Waals surface area contributed by atoms with E-state index in [-0.39, 0.29) is 5.97 Å². The third-order valence-electron chi connectivity index (χ3n) is 2.62. The largest absolute Gasteiger partial charge is 0.466 e. The summed E-state index contributed by atoms with van der Waals surface area (Å²) >= 11 is 0. The van der Waals surface area contributed by atoms with Gasteiger partial charge in [0, 0.05) is 33.6 Å². The minimum atomic E-state index is -0.181. The number of ether oxygens (including phenoxy) is 1. The Morgan fingerprint density at radius 3 is 2.86 bits per heavy atom. The Labute approximate surface area is 85.8 Å². The fourth-order valence-electron chi connectivity index (χ4n) is 1.98. The maximum atomic E-state index is 10.6. The molecule has 4 heteroatoms. The normalized spacial score (nSPS) is 23.0. The smallest absolute Gasteiger partial charge is 0.302 e. The standard InChI is InChI=1S/C10H20N2O2/c1-9(13)14-8-6-10-5-4-7-12(10)11(2)3/h10H,4-8H2,1-3H3. The van der Waals surface area contributed by atoms with E-state index in [1.54, 1.807) is 0 Å². The third-order valence-corrected chi connectivity index (χ3v) is 2.62. The highest BCUT2D eigenvalue weighted by Crippen LogP contribution is 2.20. The minimum Gasteiger partial charge on any atom is -0.466 e. The molecule has 1 aliphatic heterocycles. The number of hydrazine groups is 1. The van der Waals surface area contributed by atoms with Gasteiger partial charge in [0.1, 0.15) is 0 Å². The van der Waals surface area contributed by atoms with Crippen molar-refractivity contribution in [3.05, 3.63) is 0 Å². The summed E-state index contributed by atoms with van der Waals surface area (Å²) in [6.45, 7) is 3.13. The predicted molar refractivity (Wildman–Crippen MR) is 54.7 cm³/mol. The Hall–Kier alpha value is -0.610. The molecular weight excluding hydrogens is 180 g/mol. The van der Waals surface area contributed by atoms with Crippen LogP contribution in [0.4, 0.5) is 0 Å². The molecule has 1 rings (SSSR count). The van der Waals surface area contributed by atoms with E-state index < -0.39 is 0 Å². The quantitative estimate of drug-likeness (QED) is 0.631. The lowest BCUT2D eigenvalue weighted by molar-refractivity contribution is -0.141. The van der Waals surface area contributed by atoms with E-state index in [1.165, 1.54) is 19.8 Å². The van der Waals surface area contributed by atoms with Crippen LogP contribution in [0, 0.1) is 0 Å². The molecule has 14 heavy (non-hydrogen) atoms. The van der Waals surface area contributed by atoms with Gasteiger partial charge in [-0.05, 0) is 19.3 Å². The first-order chi connectivity index (χ1) is 6.61. The van der Waals surface area contributed by atoms with Gasteiger partial charge in [-0.1, -0.05) is 0 Å². The van der Waals surface area contributed by atoms with Gasteiger partial charge < -0.3 is 4.74 Å². The van der Waals surface area contributed by atoms with Crippen LogP contribution in [0.3, 0.4) is 0 Å². The van der Waals surface area contributed by atoms with Crippen molar-refractivity contribution in [2.24, 2.45) is 0 Å². The summed E-state index contributed by atoms with van der Waals surface area (Å²) in [6, 6.07) is 0.546. The van der Waals surface area contributed by atoms with Crippen LogP contribution < -0.4 is 0 Å². The summed E-state index contributed by atoms with van der Waals surface area (Å²) in [4.78, 5) is 10.6. The number of nitrogens with zero attached hydrogens (tertiary/aromatic N) is 2. The first-order valence-corrected chi connectivity index (χ1v) is 5.18. The Bertz CT molecular complexity index is 195. The van der Waals surface area contributed by atoms with Crippen molar-refractivity contribution in [3.63, 3.8) is 0 Å². The molecule has 0 aromatic carbocycles. The molecule has 0 aromatic rings. The molecule has 0 spiro atoms. The monoisotopic (exact) mass is 200 g/mol. The highest BCUT2D eigenvalue weighted by molar-refractivity contribution is 5.65. The number of hydrogen-bond donors (Lipinski definition) is 0. The minimum absolute atomic E-state index is 0.181. The molecule has 1 saturated heterocycles. The van der Waals surface area contributed by atoms with Gasteiger partial charge in [-0.25, -0.2) is 10.0 Å². The lowest BCUT2D eigenvalue weighted by Crippen LogP contribution is -2.41. The van der Waals surface area contributed by atoms with Crippen LogP contribution in [0.15, 0.2) is 0 Å². The second-order valence-corrected chi connectivity index (χ2v) is 3.94. The van der Waals surface area contributed by atoms with Gasteiger partial charge in [-0.3, -0.25) is 4.79 Å². The van der Waals surface area contributed by atoms with Crippen LogP contribution in [0.2, 0.25) is 0 Å². The molecule has 1 heterocycles. The first kappa shape index (κ1) is 11.5. The van der Waals surface area contributed by atoms with Gasteiger partial charge in [-0.2, -0.15) is 0 Å². The van der Waals surface area contributed by atoms with Crippen molar-refractivity contribution >= 4 is 5.97 Å². The summed E-state index contributed by atoms with van der Waals surface area (Å²) in [5.74, 6) is -0.181. The summed E-state index contributed by atoms with van der Waals surface area (Å²) in [7, 11) is 4.12. The lowest BCUT2D eigenvalue weighted by Gasteiger charge is -2.30. The molecule has 0 aromatic heterocycles. The molecule has 0 aliphatic carbocycles. The Morgan fingerprint density at radius 1 is 1.57 bits per heavy atom. The molecule has 0 radical (unpaired) electrons. The molecule has 0 N–H and O–H groups in total. The Kier molecular flexibility index (Phi) is 4.35. The summed E-state index contributed by atoms with van der Waals surface area (Å²) in [5.41, 5.74) is 0. The molecule has 82 valence electrons. The van der Waals surface area contributed by atoms with Crippen molar-refractivity contribution in [1.82, 2.24) is 10.0 Å². The van der Waals surface area contributed by atoms with E-state index in [0.29, 0.717) is 12.6 Å². The van der Waals surface area contributed by atoms with Crippen molar-refractivity contribution in [2.75, 3.05) is 27.2 Å². The van der Waals surface area contributed by atoms with E-state index in [2.05, 4.69) is 24.1 Å². The molecular formula is C10H20N2O2. The van der Waals surface area contributed by atoms with Gasteiger partial charge >= 0.3 is 5.97 Å². The van der Waals surface area contributed by atoms with Crippen LogP contribution in [0.25, 0.3) is 0 Å². The van der Waals surface area contributed by atoms with Gasteiger partial charge in [0.15, 0.2) is 0 Å². The zero-order valence-electron chi connectivity index (χ0n) is 9.32. The molecule has 1 atom stereocenters. The fraction of sp³-hybridized carbons (Fsp3) is 0.900. The van der Waals surface area contributed by atoms with Crippen LogP contribution in [-0.2, 0) is 9.53 Å². The highest BCUT2D eigenvalue weighted by atomic mass is 16.5. The first-order valence-electron chi connectivity index (χ1n) is 5.18. The molecule has 4 nitrogen and oxygen atoms in total. The van der Waals surface area contributed by atoms with E-state index in [0.717, 1.165) is 13.0 Å². The van der Waals surface area contributed by atoms with Crippen LogP contribution in [0.5, 0.6) is 0 Å². The van der Waals surface area contributed by atoms with Crippen LogP contribution in [0.1, 0.15) is 26.2 Å². The van der Waals surface area contributed by atoms with Crippen LogP contribution in [-0.4, -0.2) is 49.3 Å². The second kappa shape index (κ2) is 5.32. The van der Waals surface area contributed by atoms with E-state index in [1.807, 2.05) is 0 Å². The predicted octanol–water partition coefficient (Wildman–Crippen LogP) is 0.881. The molecule has 1 unspecified atom stereocenters. The zero-order valence-corrected chi connectivity index (χ0v) is 9.32. The zero-order chi connectivity index (χ0) is 10.6. The summed E-state index contributed by atoms with van der Waals surface area (Å²) in [5, 5.41) is 4.47. The average Bonchev–Trinajstić information content (AvgIpc) is 2.51. The second-order valence-electron chi connectivity index (χ2n) is 3.94. The molecule has 0 saturated carbocycles. The molecule has 0 bridgehead atoms. The highest BCUT2D eigenvalue weighted by Gasteiger charge is 2.25. The third kappa shape index (κ3) is 3.27. The van der Waals surface area contributed by atoms with E-state index in [9.17, 15) is 4.79 Å². The summed E-state index contributed by atoms with van der Waals surface area (Å²) < 4.78 is 4.95. The van der Waals surface area contributed by atoms with E-state index in [4.69, 9.17) is 4.74 Å². The average molecular weight is 200 g/mol. The fourth-order valence-corrected chi connectivity index (χ4v) is 1.98. The van der Waals surface area contributed by atoms with Crippen LogP contribution >= 0.6 is 0 Å². The van der Waals surface area contributed by atoms with Crippen molar-refractivity contribution < 1.29 is 9.53 Å². The maximum Gasteiger partial charge on any atom is 0.302 e. The van der Waals surface area contributed by atoms with Gasteiger partial charge in [0.2, 0.25) is 0 Å². The molecule has 0 amide bonds. The van der Waals surface area contributed by atoms with Gasteiger partial charge in [0.05, 0.1) is 6.61 Å². The summed E-state index contributed by atoms with van der Waals surface area (Å²) in [6.07, 6.45) is 3.39. The number of rotatable bonds is 4. The van der Waals surface area contributed by atoms with E-state index >= 15 is 0 Å². The Morgan fingerprint density at radius 2 is 2.29 bits per heavy atom. The maximum absolute atomic E-state index is 10.6. The van der Waals surface area contributed by atoms with Gasteiger partial charge in [0.25, 0.3) is 0 Å². The Balaban J connectivity index is 2.25. The number of hydrogen-bond acceptors (Lipinski definition) is 4. The lowest BCUT2D eigenvalue weighted by atomic mass is 10.2. The number of carbonyl (C=O) groups excluding carboxylic acids is 1. The molecule has 1 aliphatic rings. The SMILES string of the molecule is CC(=O)OCCC1CCCN1N(C)C. The topological polar surface area (TPSA) is 32.8 Å². The van der Waals surface area contributed by atoms with Gasteiger partial charge in [-0.15, -0.1) is 0 Å². The van der Waals surface area contributed by atoms with Crippen molar-refractivity contribution in [2.45, 2.75) is 32.2 Å². The van der Waals surface area contributed by atoms with Crippen molar-refractivity contribution in [3.8, 4) is 0 Å². The van der Waals surface area contributed by atoms with Crippen molar-refractivity contribution in [1.29, 1.82) is 0 Å². The number of carbonyl (C=O) groups is 1.